The van der Waals surface area contributed by atoms with Crippen molar-refractivity contribution in [3.05, 3.63) is 41.9 Å². The van der Waals surface area contributed by atoms with E-state index in [0.717, 1.165) is 47.5 Å². The molecule has 0 spiro atoms. The van der Waals surface area contributed by atoms with Crippen molar-refractivity contribution in [2.75, 3.05) is 18.0 Å². The molecule has 5 rings (SSSR count). The lowest BCUT2D eigenvalue weighted by molar-refractivity contribution is -0.0335. The molecule has 24 heavy (non-hydrogen) atoms. The van der Waals surface area contributed by atoms with Crippen molar-refractivity contribution in [2.45, 2.75) is 32.1 Å². The van der Waals surface area contributed by atoms with Gasteiger partial charge in [0.15, 0.2) is 5.82 Å². The first-order valence-corrected chi connectivity index (χ1v) is 8.29. The number of aryl methyl sites for hydroxylation is 1. The number of rotatable bonds is 1. The van der Waals surface area contributed by atoms with Gasteiger partial charge in [0.25, 0.3) is 0 Å². The first-order valence-electron chi connectivity index (χ1n) is 8.29. The standard InChI is InChI=1S/C17H18N6O/c1-11-13-4-2-3-5-14(13)17(20-19-11)22-7-6-15-16(9-22)24-10-12-8-18-21-23(12)15/h2-5,8,15-16H,6-7,9-10H2,1H3/t15-,16-/m0/s1. The SMILES string of the molecule is Cc1nnc(N2CC[C@H]3[C@H](C2)OCc2cnnn23)c2ccccc12. The third-order valence-electron chi connectivity index (χ3n) is 5.08. The molecule has 2 aromatic heterocycles. The topological polar surface area (TPSA) is 69.0 Å². The van der Waals surface area contributed by atoms with Crippen molar-refractivity contribution in [2.24, 2.45) is 0 Å². The van der Waals surface area contributed by atoms with Crippen LogP contribution in [0.4, 0.5) is 5.82 Å². The second kappa shape index (κ2) is 5.24. The smallest absolute Gasteiger partial charge is 0.159 e. The van der Waals surface area contributed by atoms with E-state index in [4.69, 9.17) is 4.74 Å². The molecular formula is C17H18N6O. The van der Waals surface area contributed by atoms with Crippen LogP contribution in [0.1, 0.15) is 23.9 Å². The van der Waals surface area contributed by atoms with Gasteiger partial charge in [-0.3, -0.25) is 0 Å². The summed E-state index contributed by atoms with van der Waals surface area (Å²) in [5, 5.41) is 19.4. The summed E-state index contributed by atoms with van der Waals surface area (Å²) < 4.78 is 8.10. The number of benzene rings is 1. The first kappa shape index (κ1) is 13.9. The number of aromatic nitrogens is 5. The van der Waals surface area contributed by atoms with Crippen LogP contribution in [0.3, 0.4) is 0 Å². The molecule has 1 aromatic carbocycles. The van der Waals surface area contributed by atoms with Crippen molar-refractivity contribution in [1.29, 1.82) is 0 Å². The maximum absolute atomic E-state index is 6.06. The van der Waals surface area contributed by atoms with Crippen LogP contribution >= 0.6 is 0 Å². The maximum Gasteiger partial charge on any atom is 0.159 e. The van der Waals surface area contributed by atoms with E-state index in [-0.39, 0.29) is 12.1 Å². The average Bonchev–Trinajstić information content (AvgIpc) is 3.11. The highest BCUT2D eigenvalue weighted by Crippen LogP contribution is 2.34. The summed E-state index contributed by atoms with van der Waals surface area (Å²) in [6.45, 7) is 4.28. The summed E-state index contributed by atoms with van der Waals surface area (Å²) in [6.07, 6.45) is 2.86. The van der Waals surface area contributed by atoms with Gasteiger partial charge in [0.1, 0.15) is 0 Å². The summed E-state index contributed by atoms with van der Waals surface area (Å²) in [5.41, 5.74) is 2.02. The van der Waals surface area contributed by atoms with E-state index in [2.05, 4.69) is 43.6 Å². The van der Waals surface area contributed by atoms with Gasteiger partial charge < -0.3 is 9.64 Å². The molecule has 2 aliphatic heterocycles. The van der Waals surface area contributed by atoms with E-state index in [1.807, 2.05) is 17.7 Å². The molecule has 0 bridgehead atoms. The Morgan fingerprint density at radius 2 is 2.04 bits per heavy atom. The molecule has 3 aromatic rings. The molecule has 1 saturated heterocycles. The van der Waals surface area contributed by atoms with Crippen molar-refractivity contribution in [1.82, 2.24) is 25.2 Å². The van der Waals surface area contributed by atoms with Crippen LogP contribution in [0.15, 0.2) is 30.5 Å². The van der Waals surface area contributed by atoms with Gasteiger partial charge in [-0.15, -0.1) is 10.2 Å². The summed E-state index contributed by atoms with van der Waals surface area (Å²) in [7, 11) is 0. The number of fused-ring (bicyclic) bond motifs is 4. The van der Waals surface area contributed by atoms with E-state index in [1.54, 1.807) is 6.20 Å². The van der Waals surface area contributed by atoms with E-state index in [0.29, 0.717) is 6.61 Å². The second-order valence-corrected chi connectivity index (χ2v) is 6.48. The summed E-state index contributed by atoms with van der Waals surface area (Å²) in [4.78, 5) is 2.29. The van der Waals surface area contributed by atoms with Crippen LogP contribution in [0, 0.1) is 6.92 Å². The largest absolute Gasteiger partial charge is 0.368 e. The van der Waals surface area contributed by atoms with E-state index < -0.39 is 0 Å². The lowest BCUT2D eigenvalue weighted by Crippen LogP contribution is -2.49. The highest BCUT2D eigenvalue weighted by molar-refractivity contribution is 5.93. The number of nitrogens with zero attached hydrogens (tertiary/aromatic N) is 6. The molecular weight excluding hydrogens is 304 g/mol. The number of ether oxygens (including phenoxy) is 1. The van der Waals surface area contributed by atoms with Gasteiger partial charge in [0.05, 0.1) is 36.3 Å². The molecule has 0 aliphatic carbocycles. The first-order chi connectivity index (χ1) is 11.8. The molecule has 0 N–H and O–H groups in total. The van der Waals surface area contributed by atoms with Crippen LogP contribution in [-0.4, -0.2) is 44.4 Å². The summed E-state index contributed by atoms with van der Waals surface area (Å²) in [5.74, 6) is 0.947. The Bertz CT molecular complexity index is 907. The number of hydrogen-bond donors (Lipinski definition) is 0. The van der Waals surface area contributed by atoms with E-state index >= 15 is 0 Å². The number of piperidine rings is 1. The fraction of sp³-hybridized carbons (Fsp3) is 0.412. The Labute approximate surface area is 139 Å². The molecule has 0 radical (unpaired) electrons. The Hall–Kier alpha value is -2.54. The number of hydrogen-bond acceptors (Lipinski definition) is 6. The van der Waals surface area contributed by atoms with Crippen molar-refractivity contribution >= 4 is 16.6 Å². The predicted octanol–water partition coefficient (Wildman–Crippen LogP) is 1.88. The molecule has 7 nitrogen and oxygen atoms in total. The monoisotopic (exact) mass is 322 g/mol. The van der Waals surface area contributed by atoms with Gasteiger partial charge >= 0.3 is 0 Å². The minimum absolute atomic E-state index is 0.106. The normalized spacial score (nSPS) is 23.1. The Balaban J connectivity index is 1.50. The van der Waals surface area contributed by atoms with Crippen molar-refractivity contribution in [3.63, 3.8) is 0 Å². The highest BCUT2D eigenvalue weighted by atomic mass is 16.5. The van der Waals surface area contributed by atoms with Gasteiger partial charge in [-0.2, -0.15) is 5.10 Å². The number of anilines is 1. The lowest BCUT2D eigenvalue weighted by Gasteiger charge is -2.41. The third-order valence-corrected chi connectivity index (χ3v) is 5.08. The second-order valence-electron chi connectivity index (χ2n) is 6.48. The minimum atomic E-state index is 0.106. The maximum atomic E-state index is 6.06. The van der Waals surface area contributed by atoms with Gasteiger partial charge in [-0.1, -0.05) is 29.5 Å². The van der Waals surface area contributed by atoms with Crippen LogP contribution in [-0.2, 0) is 11.3 Å². The van der Waals surface area contributed by atoms with Gasteiger partial charge in [0, 0.05) is 23.9 Å². The highest BCUT2D eigenvalue weighted by Gasteiger charge is 2.37. The minimum Gasteiger partial charge on any atom is -0.368 e. The fourth-order valence-corrected chi connectivity index (χ4v) is 3.84. The molecule has 1 fully saturated rings. The predicted molar refractivity (Wildman–Crippen MR) is 88.7 cm³/mol. The van der Waals surface area contributed by atoms with Crippen molar-refractivity contribution < 1.29 is 4.74 Å². The average molecular weight is 322 g/mol. The zero-order valence-electron chi connectivity index (χ0n) is 13.5. The molecule has 2 atom stereocenters. The Kier molecular flexibility index (Phi) is 3.02. The molecule has 4 heterocycles. The molecule has 122 valence electrons. The molecule has 0 amide bonds. The van der Waals surface area contributed by atoms with Crippen LogP contribution in [0.5, 0.6) is 0 Å². The Morgan fingerprint density at radius 1 is 1.17 bits per heavy atom. The van der Waals surface area contributed by atoms with Crippen molar-refractivity contribution in [3.8, 4) is 0 Å². The molecule has 7 heteroatoms. The third kappa shape index (κ3) is 2.01. The lowest BCUT2D eigenvalue weighted by atomic mass is 9.99. The van der Waals surface area contributed by atoms with E-state index in [1.165, 1.54) is 0 Å². The zero-order valence-corrected chi connectivity index (χ0v) is 13.5. The quantitative estimate of drug-likeness (QED) is 0.681. The van der Waals surface area contributed by atoms with Gasteiger partial charge in [-0.25, -0.2) is 4.68 Å². The van der Waals surface area contributed by atoms with Gasteiger partial charge in [-0.05, 0) is 13.3 Å². The van der Waals surface area contributed by atoms with Crippen LogP contribution < -0.4 is 4.90 Å². The fourth-order valence-electron chi connectivity index (χ4n) is 3.84. The molecule has 2 aliphatic rings. The van der Waals surface area contributed by atoms with Crippen LogP contribution in [0.2, 0.25) is 0 Å². The Morgan fingerprint density at radius 3 is 2.96 bits per heavy atom. The van der Waals surface area contributed by atoms with Gasteiger partial charge in [0.2, 0.25) is 0 Å². The zero-order chi connectivity index (χ0) is 16.1. The van der Waals surface area contributed by atoms with Crippen LogP contribution in [0.25, 0.3) is 10.8 Å². The van der Waals surface area contributed by atoms with E-state index in [9.17, 15) is 0 Å². The molecule has 0 unspecified atom stereocenters. The summed E-state index contributed by atoms with van der Waals surface area (Å²) >= 11 is 0. The molecule has 0 saturated carbocycles. The summed E-state index contributed by atoms with van der Waals surface area (Å²) in [6, 6.07) is 8.59.